The van der Waals surface area contributed by atoms with Gasteiger partial charge in [0.1, 0.15) is 12.1 Å². The van der Waals surface area contributed by atoms with Gasteiger partial charge in [-0.25, -0.2) is 9.50 Å². The minimum Gasteiger partial charge on any atom is -0.382 e. The number of carbonyl (C=O) groups excluding carboxylic acids is 1. The number of nitrogens with zero attached hydrogens (tertiary/aromatic N) is 5. The van der Waals surface area contributed by atoms with Crippen LogP contribution in [-0.4, -0.2) is 37.0 Å². The summed E-state index contributed by atoms with van der Waals surface area (Å²) in [7, 11) is 0. The van der Waals surface area contributed by atoms with Crippen molar-refractivity contribution in [3.63, 3.8) is 0 Å². The Bertz CT molecular complexity index is 772. The van der Waals surface area contributed by atoms with Crippen LogP contribution in [0.1, 0.15) is 11.1 Å². The monoisotopic (exact) mass is 388 g/mol. The Balaban J connectivity index is 0.000000201. The highest BCUT2D eigenvalue weighted by atomic mass is 35.5. The normalized spacial score (nSPS) is 9.54. The smallest absolute Gasteiger partial charge is 0.154 e. The van der Waals surface area contributed by atoms with Crippen molar-refractivity contribution < 1.29 is 4.79 Å². The lowest BCUT2D eigenvalue weighted by molar-refractivity contribution is -0.105. The fraction of sp³-hybridized carbons (Fsp3) is 0.214. The Hall–Kier alpha value is -1.96. The van der Waals surface area contributed by atoms with Gasteiger partial charge < -0.3 is 10.5 Å². The van der Waals surface area contributed by atoms with Gasteiger partial charge in [-0.1, -0.05) is 23.2 Å². The van der Waals surface area contributed by atoms with Crippen LogP contribution < -0.4 is 5.73 Å². The molecule has 0 aromatic carbocycles. The molecule has 128 valence electrons. The predicted molar refractivity (Wildman–Crippen MR) is 95.7 cm³/mol. The molecule has 0 radical (unpaired) electrons. The first-order valence-corrected chi connectivity index (χ1v) is 7.89. The number of rotatable bonds is 1. The maximum atomic E-state index is 9.04. The third-order valence-electron chi connectivity index (χ3n) is 2.52. The molecule has 7 nitrogen and oxygen atoms in total. The molecule has 3 rings (SSSR count). The summed E-state index contributed by atoms with van der Waals surface area (Å²) in [6.45, 7) is 3.73. The van der Waals surface area contributed by atoms with Crippen LogP contribution in [0.25, 0.3) is 5.65 Å². The van der Waals surface area contributed by atoms with E-state index in [9.17, 15) is 0 Å². The van der Waals surface area contributed by atoms with E-state index in [0.29, 0.717) is 22.4 Å². The number of carbonyl (C=O) groups is 1. The third-order valence-corrected chi connectivity index (χ3v) is 3.40. The van der Waals surface area contributed by atoms with Gasteiger partial charge in [-0.05, 0) is 37.1 Å². The van der Waals surface area contributed by atoms with Crippen LogP contribution in [0.15, 0.2) is 24.5 Å². The lowest BCUT2D eigenvalue weighted by atomic mass is 10.3. The van der Waals surface area contributed by atoms with E-state index in [4.69, 9.17) is 45.3 Å². The number of anilines is 1. The number of halogens is 3. The minimum atomic E-state index is 0.111. The predicted octanol–water partition coefficient (Wildman–Crippen LogP) is 3.14. The van der Waals surface area contributed by atoms with Crippen LogP contribution in [0.3, 0.4) is 0 Å². The van der Waals surface area contributed by atoms with Crippen molar-refractivity contribution in [2.75, 3.05) is 11.6 Å². The number of aromatic nitrogens is 5. The van der Waals surface area contributed by atoms with Crippen LogP contribution in [0, 0.1) is 13.8 Å². The number of aryl methyl sites for hydroxylation is 2. The molecule has 0 bridgehead atoms. The SMILES string of the molecule is Cc1cc(N)nnc1Cl.Cc1cc2nccn2nc1Cl.O=CCCl. The first-order chi connectivity index (χ1) is 11.4. The van der Waals surface area contributed by atoms with E-state index in [2.05, 4.69) is 20.3 Å². The number of alkyl halides is 1. The third kappa shape index (κ3) is 6.27. The fourth-order valence-corrected chi connectivity index (χ4v) is 1.64. The summed E-state index contributed by atoms with van der Waals surface area (Å²) in [5, 5.41) is 12.1. The molecule has 0 aliphatic rings. The standard InChI is InChI=1S/C7H6ClN3.C5H6ClN3.C2H3ClO/c1-5-4-6-9-2-3-11(6)10-7(5)8;1-3-2-4(7)8-9-5(3)6;3-1-2-4/h2-4H,1H3;2H,1H3,(H2,7,8);2H,1H2. The van der Waals surface area contributed by atoms with Crippen molar-refractivity contribution >= 4 is 52.6 Å². The Labute approximate surface area is 153 Å². The number of imidazole rings is 1. The highest BCUT2D eigenvalue weighted by Crippen LogP contribution is 2.12. The van der Waals surface area contributed by atoms with E-state index >= 15 is 0 Å². The van der Waals surface area contributed by atoms with E-state index < -0.39 is 0 Å². The molecule has 3 aromatic heterocycles. The summed E-state index contributed by atoms with van der Waals surface area (Å²) in [4.78, 5) is 13.1. The molecule has 0 saturated heterocycles. The van der Waals surface area contributed by atoms with Crippen LogP contribution >= 0.6 is 34.8 Å². The summed E-state index contributed by atoms with van der Waals surface area (Å²) >= 11 is 16.2. The molecule has 0 saturated carbocycles. The van der Waals surface area contributed by atoms with Gasteiger partial charge in [0.25, 0.3) is 0 Å². The molecular formula is C14H15Cl3N6O. The first-order valence-electron chi connectivity index (χ1n) is 6.60. The van der Waals surface area contributed by atoms with E-state index in [1.165, 1.54) is 0 Å². The second kappa shape index (κ2) is 10.0. The number of nitrogens with two attached hydrogens (primary N) is 1. The molecule has 2 N–H and O–H groups in total. The van der Waals surface area contributed by atoms with Crippen LogP contribution in [-0.2, 0) is 4.79 Å². The van der Waals surface area contributed by atoms with E-state index in [0.717, 1.165) is 16.8 Å². The number of fused-ring (bicyclic) bond motifs is 1. The largest absolute Gasteiger partial charge is 0.382 e. The number of nitrogen functional groups attached to an aromatic ring is 1. The van der Waals surface area contributed by atoms with Crippen molar-refractivity contribution in [3.05, 3.63) is 46.0 Å². The summed E-state index contributed by atoms with van der Waals surface area (Å²) in [5.74, 6) is 0.511. The molecule has 24 heavy (non-hydrogen) atoms. The van der Waals surface area contributed by atoms with Crippen molar-refractivity contribution in [1.82, 2.24) is 24.8 Å². The minimum absolute atomic E-state index is 0.111. The van der Waals surface area contributed by atoms with Crippen LogP contribution in [0.4, 0.5) is 5.82 Å². The maximum Gasteiger partial charge on any atom is 0.154 e. The average Bonchev–Trinajstić information content (AvgIpc) is 2.99. The van der Waals surface area contributed by atoms with Gasteiger partial charge >= 0.3 is 0 Å². The topological polar surface area (TPSA) is 99.1 Å². The number of hydrogen-bond donors (Lipinski definition) is 1. The Morgan fingerprint density at radius 1 is 1.17 bits per heavy atom. The van der Waals surface area contributed by atoms with Gasteiger partial charge in [0.05, 0.1) is 5.88 Å². The van der Waals surface area contributed by atoms with Gasteiger partial charge in [0.2, 0.25) is 0 Å². The quantitative estimate of drug-likeness (QED) is 0.507. The second-order valence-corrected chi connectivity index (χ2v) is 5.44. The fourth-order valence-electron chi connectivity index (χ4n) is 1.41. The maximum absolute atomic E-state index is 9.04. The van der Waals surface area contributed by atoms with E-state index in [-0.39, 0.29) is 5.88 Å². The zero-order valence-electron chi connectivity index (χ0n) is 12.9. The molecule has 0 unspecified atom stereocenters. The highest BCUT2D eigenvalue weighted by molar-refractivity contribution is 6.30. The summed E-state index contributed by atoms with van der Waals surface area (Å²) in [6, 6.07) is 3.57. The molecule has 10 heteroatoms. The van der Waals surface area contributed by atoms with Crippen molar-refractivity contribution in [2.24, 2.45) is 0 Å². The number of hydrogen-bond acceptors (Lipinski definition) is 6. The first kappa shape index (κ1) is 20.1. The van der Waals surface area contributed by atoms with E-state index in [1.807, 2.05) is 19.9 Å². The average molecular weight is 390 g/mol. The Morgan fingerprint density at radius 2 is 1.79 bits per heavy atom. The summed E-state index contributed by atoms with van der Waals surface area (Å²) in [5.41, 5.74) is 7.92. The zero-order chi connectivity index (χ0) is 18.1. The molecule has 0 aliphatic heterocycles. The molecule has 0 fully saturated rings. The van der Waals surface area contributed by atoms with Crippen molar-refractivity contribution in [1.29, 1.82) is 0 Å². The summed E-state index contributed by atoms with van der Waals surface area (Å²) < 4.78 is 1.65. The van der Waals surface area contributed by atoms with Crippen LogP contribution in [0.5, 0.6) is 0 Å². The zero-order valence-corrected chi connectivity index (χ0v) is 15.2. The lowest BCUT2D eigenvalue weighted by Crippen LogP contribution is -1.93. The molecular weight excluding hydrogens is 375 g/mol. The molecule has 0 spiro atoms. The van der Waals surface area contributed by atoms with Crippen LogP contribution in [0.2, 0.25) is 10.3 Å². The van der Waals surface area contributed by atoms with Gasteiger partial charge in [0, 0.05) is 12.4 Å². The van der Waals surface area contributed by atoms with Crippen molar-refractivity contribution in [2.45, 2.75) is 13.8 Å². The van der Waals surface area contributed by atoms with Gasteiger partial charge in [-0.15, -0.1) is 21.8 Å². The van der Waals surface area contributed by atoms with Gasteiger partial charge in [-0.2, -0.15) is 5.10 Å². The van der Waals surface area contributed by atoms with Gasteiger partial charge in [0.15, 0.2) is 16.0 Å². The van der Waals surface area contributed by atoms with Crippen molar-refractivity contribution in [3.8, 4) is 0 Å². The van der Waals surface area contributed by atoms with E-state index in [1.54, 1.807) is 23.0 Å². The molecule has 0 atom stereocenters. The van der Waals surface area contributed by atoms with Gasteiger partial charge in [-0.3, -0.25) is 0 Å². The Morgan fingerprint density at radius 3 is 2.33 bits per heavy atom. The second-order valence-electron chi connectivity index (χ2n) is 4.41. The summed E-state index contributed by atoms with van der Waals surface area (Å²) in [6.07, 6.45) is 4.10. The molecule has 0 amide bonds. The number of aldehydes is 1. The molecule has 3 aromatic rings. The highest BCUT2D eigenvalue weighted by Gasteiger charge is 1.99. The Kier molecular flexibility index (Phi) is 8.39. The molecule has 0 aliphatic carbocycles. The molecule has 3 heterocycles. The lowest BCUT2D eigenvalue weighted by Gasteiger charge is -1.96.